The summed E-state index contributed by atoms with van der Waals surface area (Å²) < 4.78 is 127. The van der Waals surface area contributed by atoms with Crippen LogP contribution in [-0.2, 0) is 30.8 Å². The normalized spacial score (nSPS) is 20.6. The van der Waals surface area contributed by atoms with Crippen molar-refractivity contribution >= 4 is 62.8 Å². The molecule has 2 saturated heterocycles. The molecule has 0 saturated carbocycles. The van der Waals surface area contributed by atoms with Crippen molar-refractivity contribution in [3.8, 4) is 0 Å². The van der Waals surface area contributed by atoms with E-state index in [2.05, 4.69) is 150 Å². The number of hydrogen-bond acceptors (Lipinski definition) is 2. The van der Waals surface area contributed by atoms with E-state index in [1.807, 2.05) is 0 Å². The summed E-state index contributed by atoms with van der Waals surface area (Å²) in [6.45, 7) is 1.04. The van der Waals surface area contributed by atoms with E-state index < -0.39 is 52.5 Å². The molecule has 0 radical (unpaired) electrons. The molecule has 2 heterocycles. The van der Waals surface area contributed by atoms with Gasteiger partial charge in [0.2, 0.25) is 0 Å². The average molecular weight is 1100 g/mol. The summed E-state index contributed by atoms with van der Waals surface area (Å²) in [6, 6.07) is 53.1. The fourth-order valence-electron chi connectivity index (χ4n) is 6.61. The average Bonchev–Trinajstić information content (AvgIpc) is 3.67. The molecule has 5 aromatic carbocycles. The van der Waals surface area contributed by atoms with Crippen LogP contribution in [0.1, 0.15) is 35.8 Å². The van der Waals surface area contributed by atoms with Gasteiger partial charge in [-0.3, -0.25) is 4.90 Å². The molecule has 54 heavy (non-hydrogen) atoms. The van der Waals surface area contributed by atoms with Crippen LogP contribution in [0.3, 0.4) is 0 Å². The largest absolute Gasteiger partial charge is 2.00 e. The predicted molar refractivity (Wildman–Crippen MR) is 187 cm³/mol. The van der Waals surface area contributed by atoms with Crippen molar-refractivity contribution in [3.05, 3.63) is 162 Å². The van der Waals surface area contributed by atoms with Gasteiger partial charge in [-0.25, -0.2) is 0 Å². The van der Waals surface area contributed by atoms with Gasteiger partial charge in [0.05, 0.1) is 6.04 Å². The molecule has 0 unspecified atom stereocenters. The standard InChI is InChI=1S/C36H32NOP.12FH.Pd.2Sb/c1-5-16-28(17-6-1)36(29-18-7-2-8-19-29)34-26-15-27-37(34)35(38-36)32-24-13-14-25-33(32)39(30-20-9-3-10-21-30)31-22-11-4-12-23-31;;;;;;;;;;;;;;;/h1-14,16-25,34-35H,15,26-27H2;12*1H;;;/q;;;;;;;;;;;;;+2;2*+5/p-12/t34-,35+;;;;;;;;;;;;;;;/m0.............../s1. The van der Waals surface area contributed by atoms with Gasteiger partial charge in [0, 0.05) is 12.1 Å². The fourth-order valence-corrected chi connectivity index (χ4v) is 9.08. The summed E-state index contributed by atoms with van der Waals surface area (Å²) in [7, 11) is -0.747. The molecule has 2 fully saturated rings. The zero-order valence-electron chi connectivity index (χ0n) is 27.7. The van der Waals surface area contributed by atoms with E-state index >= 15 is 0 Å². The van der Waals surface area contributed by atoms with Gasteiger partial charge in [-0.2, -0.15) is 0 Å². The Bertz CT molecular complexity index is 1870. The SMILES string of the molecule is [F][Sb-]([F])([F])([F])([F])[F].[F][Sb-]([F])([F])([F])([F])[F].[Pd+2].c1ccc(P(c2ccccc2)c2ccccc2[C@H]2OC(c3ccccc3)(c3ccccc3)[C@@H]3CCCN23)cc1. The summed E-state index contributed by atoms with van der Waals surface area (Å²) in [4.78, 5) is 2.64. The quantitative estimate of drug-likeness (QED) is 0.0955. The van der Waals surface area contributed by atoms with Crippen molar-refractivity contribution < 1.29 is 58.9 Å². The maximum absolute atomic E-state index is 11.2. The maximum Gasteiger partial charge on any atom is 2.00 e. The van der Waals surface area contributed by atoms with Crippen LogP contribution in [0.2, 0.25) is 0 Å². The van der Waals surface area contributed by atoms with Crippen molar-refractivity contribution in [1.29, 1.82) is 0 Å². The number of rotatable bonds is 6. The van der Waals surface area contributed by atoms with Gasteiger partial charge < -0.3 is 4.74 Å². The molecule has 0 N–H and O–H groups in total. The molecule has 18 heteroatoms. The molecule has 2 aliphatic heterocycles. The molecule has 0 spiro atoms. The number of fused-ring (bicyclic) bond motifs is 1. The molecule has 7 rings (SSSR count). The van der Waals surface area contributed by atoms with Crippen LogP contribution in [0.15, 0.2) is 146 Å². The second-order valence-electron chi connectivity index (χ2n) is 12.3. The van der Waals surface area contributed by atoms with Crippen molar-refractivity contribution in [2.24, 2.45) is 0 Å². The molecule has 5 aromatic rings. The molecule has 0 aromatic heterocycles. The van der Waals surface area contributed by atoms with Crippen molar-refractivity contribution in [2.45, 2.75) is 30.7 Å². The van der Waals surface area contributed by atoms with Gasteiger partial charge in [0.1, 0.15) is 11.8 Å². The number of nitrogens with zero attached hydrogens (tertiary/aromatic N) is 1. The van der Waals surface area contributed by atoms with Gasteiger partial charge >= 0.3 is 93.1 Å². The first-order chi connectivity index (χ1) is 24.3. The summed E-state index contributed by atoms with van der Waals surface area (Å²) in [5, 5.41) is 4.09. The third kappa shape index (κ3) is 13.5. The molecule has 296 valence electrons. The van der Waals surface area contributed by atoms with Crippen LogP contribution in [-0.4, -0.2) is 56.4 Å². The smallest absolute Gasteiger partial charge is 0.341 e. The van der Waals surface area contributed by atoms with Crippen LogP contribution >= 0.6 is 7.92 Å². The third-order valence-electron chi connectivity index (χ3n) is 8.24. The van der Waals surface area contributed by atoms with E-state index in [9.17, 15) is 33.8 Å². The van der Waals surface area contributed by atoms with Gasteiger partial charge in [0.15, 0.2) is 0 Å². The van der Waals surface area contributed by atoms with Crippen LogP contribution < -0.4 is 15.9 Å². The van der Waals surface area contributed by atoms with E-state index in [-0.39, 0.29) is 32.7 Å². The topological polar surface area (TPSA) is 12.5 Å². The molecule has 0 bridgehead atoms. The number of benzene rings is 5. The van der Waals surface area contributed by atoms with Crippen LogP contribution in [0.25, 0.3) is 0 Å². The number of ether oxygens (including phenoxy) is 1. The van der Waals surface area contributed by atoms with Crippen LogP contribution in [0, 0.1) is 0 Å². The van der Waals surface area contributed by atoms with Gasteiger partial charge in [-0.05, 0) is 47.8 Å². The van der Waals surface area contributed by atoms with E-state index in [4.69, 9.17) is 4.74 Å². The predicted octanol–water partition coefficient (Wildman–Crippen LogP) is 11.2. The van der Waals surface area contributed by atoms with Gasteiger partial charge in [0.25, 0.3) is 0 Å². The Morgan fingerprint density at radius 1 is 0.519 bits per heavy atom. The third-order valence-corrected chi connectivity index (χ3v) is 10.8. The first-order valence-electron chi connectivity index (χ1n) is 15.9. The van der Waals surface area contributed by atoms with Gasteiger partial charge in [-0.15, -0.1) is 0 Å². The minimum atomic E-state index is -11.2. The second-order valence-corrected chi connectivity index (χ2v) is 25.4. The zero-order chi connectivity index (χ0) is 38.9. The molecular weight excluding hydrogens is 1070 g/mol. The Hall–Kier alpha value is -2.09. The number of halogens is 12. The first-order valence-corrected chi connectivity index (χ1v) is 28.8. The minimum Gasteiger partial charge on any atom is -0.341 e. The molecule has 2 atom stereocenters. The van der Waals surface area contributed by atoms with Crippen LogP contribution in [0.4, 0.5) is 33.8 Å². The Labute approximate surface area is 323 Å². The molecule has 2 aliphatic rings. The van der Waals surface area contributed by atoms with Crippen LogP contribution in [0.5, 0.6) is 0 Å². The fraction of sp³-hybridized carbons (Fsp3) is 0.167. The van der Waals surface area contributed by atoms with E-state index in [1.165, 1.54) is 39.0 Å². The summed E-state index contributed by atoms with van der Waals surface area (Å²) in [5.74, 6) is 0. The maximum atomic E-state index is 9.93. The Morgan fingerprint density at radius 2 is 0.870 bits per heavy atom. The molecule has 0 amide bonds. The molecular formula is C36H32F12NOPPdSb2. The van der Waals surface area contributed by atoms with Crippen molar-refractivity contribution in [2.75, 3.05) is 6.54 Å². The Kier molecular flexibility index (Phi) is 12.4. The zero-order valence-corrected chi connectivity index (χ0v) is 35.2. The summed E-state index contributed by atoms with van der Waals surface area (Å²) in [5.41, 5.74) is 3.25. The van der Waals surface area contributed by atoms with Crippen molar-refractivity contribution in [1.82, 2.24) is 4.90 Å². The minimum absolute atomic E-state index is 0. The first kappa shape index (κ1) is 44.6. The van der Waals surface area contributed by atoms with Crippen molar-refractivity contribution in [3.63, 3.8) is 0 Å². The second kappa shape index (κ2) is 15.0. The monoisotopic (exact) mass is 1100 g/mol. The number of hydrogen-bond donors (Lipinski definition) is 0. The van der Waals surface area contributed by atoms with E-state index in [0.29, 0.717) is 0 Å². The summed E-state index contributed by atoms with van der Waals surface area (Å²) in [6.07, 6.45) is 2.18. The Morgan fingerprint density at radius 3 is 1.28 bits per heavy atom. The van der Waals surface area contributed by atoms with E-state index in [0.717, 1.165) is 13.0 Å². The molecule has 2 nitrogen and oxygen atoms in total. The Balaban J connectivity index is 0.000000371. The summed E-state index contributed by atoms with van der Waals surface area (Å²) >= 11 is -22.5. The van der Waals surface area contributed by atoms with Gasteiger partial charge in [-0.1, -0.05) is 146 Å². The van der Waals surface area contributed by atoms with E-state index in [1.54, 1.807) is 0 Å². The molecule has 0 aliphatic carbocycles.